The molecule has 1 aliphatic rings. The van der Waals surface area contributed by atoms with E-state index in [9.17, 15) is 4.79 Å². The van der Waals surface area contributed by atoms with Gasteiger partial charge in [0.15, 0.2) is 0 Å². The van der Waals surface area contributed by atoms with Gasteiger partial charge in [-0.1, -0.05) is 54.1 Å². The van der Waals surface area contributed by atoms with Gasteiger partial charge in [0.1, 0.15) is 5.82 Å². The van der Waals surface area contributed by atoms with Gasteiger partial charge in [-0.25, -0.2) is 4.98 Å². The zero-order valence-electron chi connectivity index (χ0n) is 20.3. The van der Waals surface area contributed by atoms with E-state index in [0.717, 1.165) is 77.7 Å². The first-order valence-electron chi connectivity index (χ1n) is 12.3. The fourth-order valence-electron chi connectivity index (χ4n) is 4.99. The Morgan fingerprint density at radius 2 is 1.63 bits per heavy atom. The van der Waals surface area contributed by atoms with E-state index in [1.54, 1.807) is 0 Å². The van der Waals surface area contributed by atoms with Crippen molar-refractivity contribution in [2.45, 2.75) is 39.8 Å². The number of likely N-dealkylation sites (tertiary alicyclic amines) is 1. The molecule has 1 fully saturated rings. The number of halogens is 1. The highest BCUT2D eigenvalue weighted by molar-refractivity contribution is 6.30. The molecule has 3 aromatic carbocycles. The van der Waals surface area contributed by atoms with E-state index in [4.69, 9.17) is 16.6 Å². The van der Waals surface area contributed by atoms with E-state index in [2.05, 4.69) is 45.1 Å². The lowest BCUT2D eigenvalue weighted by molar-refractivity contribution is -0.121. The molecular formula is C29H31ClN4O. The van der Waals surface area contributed by atoms with Gasteiger partial charge >= 0.3 is 0 Å². The molecule has 2 heterocycles. The Hall–Kier alpha value is -3.15. The molecule has 35 heavy (non-hydrogen) atoms. The van der Waals surface area contributed by atoms with Crippen LogP contribution in [0.3, 0.4) is 0 Å². The molecule has 0 aliphatic carbocycles. The Bertz CT molecular complexity index is 1320. The molecule has 1 amide bonds. The summed E-state index contributed by atoms with van der Waals surface area (Å²) < 4.78 is 2.30. The van der Waals surface area contributed by atoms with Crippen molar-refractivity contribution in [1.82, 2.24) is 14.5 Å². The normalized spacial score (nSPS) is 14.9. The molecule has 5 rings (SSSR count). The average Bonchev–Trinajstić information content (AvgIpc) is 3.20. The van der Waals surface area contributed by atoms with Gasteiger partial charge in [0.25, 0.3) is 0 Å². The predicted octanol–water partition coefficient (Wildman–Crippen LogP) is 6.21. The molecule has 0 bridgehead atoms. The zero-order chi connectivity index (χ0) is 24.4. The van der Waals surface area contributed by atoms with E-state index in [-0.39, 0.29) is 11.8 Å². The highest BCUT2D eigenvalue weighted by Gasteiger charge is 2.26. The maximum atomic E-state index is 13.0. The van der Waals surface area contributed by atoms with Gasteiger partial charge in [0.2, 0.25) is 5.91 Å². The van der Waals surface area contributed by atoms with Crippen LogP contribution >= 0.6 is 11.6 Å². The smallest absolute Gasteiger partial charge is 0.227 e. The van der Waals surface area contributed by atoms with E-state index in [0.29, 0.717) is 0 Å². The topological polar surface area (TPSA) is 50.2 Å². The number of hydrogen-bond donors (Lipinski definition) is 1. The summed E-state index contributed by atoms with van der Waals surface area (Å²) in [6.07, 6.45) is 1.71. The lowest BCUT2D eigenvalue weighted by atomic mass is 9.95. The van der Waals surface area contributed by atoms with Gasteiger partial charge in [-0.15, -0.1) is 0 Å². The second-order valence-electron chi connectivity index (χ2n) is 9.54. The van der Waals surface area contributed by atoms with Crippen LogP contribution in [0.1, 0.15) is 35.4 Å². The highest BCUT2D eigenvalue weighted by atomic mass is 35.5. The van der Waals surface area contributed by atoms with Crippen LogP contribution in [-0.2, 0) is 17.9 Å². The van der Waals surface area contributed by atoms with Crippen LogP contribution in [0, 0.1) is 19.8 Å². The van der Waals surface area contributed by atoms with Crippen molar-refractivity contribution in [3.05, 3.63) is 94.3 Å². The summed E-state index contributed by atoms with van der Waals surface area (Å²) in [5.41, 5.74) is 6.52. The number of piperidine rings is 1. The van der Waals surface area contributed by atoms with Gasteiger partial charge in [0.05, 0.1) is 17.6 Å². The number of hydrogen-bond acceptors (Lipinski definition) is 3. The lowest BCUT2D eigenvalue weighted by Gasteiger charge is -2.31. The summed E-state index contributed by atoms with van der Waals surface area (Å²) in [4.78, 5) is 20.4. The fourth-order valence-corrected chi connectivity index (χ4v) is 5.11. The quantitative estimate of drug-likeness (QED) is 0.352. The van der Waals surface area contributed by atoms with Gasteiger partial charge in [0, 0.05) is 23.2 Å². The predicted molar refractivity (Wildman–Crippen MR) is 143 cm³/mol. The highest BCUT2D eigenvalue weighted by Crippen LogP contribution is 2.26. The molecule has 0 radical (unpaired) electrons. The first kappa shape index (κ1) is 23.6. The number of nitrogens with zero attached hydrogens (tertiary/aromatic N) is 3. The fraction of sp³-hybridized carbons (Fsp3) is 0.310. The zero-order valence-corrected chi connectivity index (χ0v) is 21.1. The van der Waals surface area contributed by atoms with Crippen LogP contribution < -0.4 is 5.32 Å². The van der Waals surface area contributed by atoms with Gasteiger partial charge in [-0.3, -0.25) is 9.69 Å². The standard InChI is InChI=1S/C29H31ClN4O/c1-20-6-5-7-21(2)28(20)32-29(35)23-14-16-33(17-15-23)19-27-31-25-8-3-4-9-26(25)34(27)18-22-10-12-24(30)13-11-22/h3-13,23H,14-19H2,1-2H3,(H,32,35). The number of amides is 1. The third-order valence-corrected chi connectivity index (χ3v) is 7.29. The van der Waals surface area contributed by atoms with E-state index >= 15 is 0 Å². The number of fused-ring (bicyclic) bond motifs is 1. The number of carbonyl (C=O) groups excluding carboxylic acids is 1. The Labute approximate surface area is 211 Å². The van der Waals surface area contributed by atoms with Crippen molar-refractivity contribution in [3.8, 4) is 0 Å². The molecule has 5 nitrogen and oxygen atoms in total. The minimum Gasteiger partial charge on any atom is -0.325 e. The van der Waals surface area contributed by atoms with Gasteiger partial charge in [-0.2, -0.15) is 0 Å². The number of carbonyl (C=O) groups is 1. The Morgan fingerprint density at radius 3 is 2.34 bits per heavy atom. The maximum Gasteiger partial charge on any atom is 0.227 e. The number of aromatic nitrogens is 2. The summed E-state index contributed by atoms with van der Waals surface area (Å²) >= 11 is 6.09. The summed E-state index contributed by atoms with van der Waals surface area (Å²) in [6, 6.07) is 22.4. The minimum atomic E-state index is 0.0399. The van der Waals surface area contributed by atoms with Crippen molar-refractivity contribution < 1.29 is 4.79 Å². The third-order valence-electron chi connectivity index (χ3n) is 7.04. The van der Waals surface area contributed by atoms with Gasteiger partial charge in [-0.05, 0) is 80.7 Å². The monoisotopic (exact) mass is 486 g/mol. The Kier molecular flexibility index (Phi) is 6.89. The van der Waals surface area contributed by atoms with E-state index in [1.165, 1.54) is 5.56 Å². The summed E-state index contributed by atoms with van der Waals surface area (Å²) in [7, 11) is 0. The summed E-state index contributed by atoms with van der Waals surface area (Å²) in [6.45, 7) is 7.38. The number of benzene rings is 3. The number of anilines is 1. The molecule has 0 spiro atoms. The molecule has 180 valence electrons. The molecule has 4 aromatic rings. The van der Waals surface area contributed by atoms with Crippen molar-refractivity contribution >= 4 is 34.2 Å². The van der Waals surface area contributed by atoms with Crippen molar-refractivity contribution in [1.29, 1.82) is 0 Å². The Morgan fingerprint density at radius 1 is 0.943 bits per heavy atom. The lowest BCUT2D eigenvalue weighted by Crippen LogP contribution is -2.38. The number of aryl methyl sites for hydroxylation is 2. The van der Waals surface area contributed by atoms with Crippen molar-refractivity contribution in [2.24, 2.45) is 5.92 Å². The van der Waals surface area contributed by atoms with Crippen LogP contribution in [0.15, 0.2) is 66.7 Å². The number of nitrogens with one attached hydrogen (secondary N) is 1. The van der Waals surface area contributed by atoms with Crippen LogP contribution in [0.5, 0.6) is 0 Å². The summed E-state index contributed by atoms with van der Waals surface area (Å²) in [5.74, 6) is 1.23. The van der Waals surface area contributed by atoms with Gasteiger partial charge < -0.3 is 9.88 Å². The molecular weight excluding hydrogens is 456 g/mol. The number of rotatable bonds is 6. The molecule has 0 saturated carbocycles. The Balaban J connectivity index is 1.27. The number of imidazole rings is 1. The van der Waals surface area contributed by atoms with E-state index in [1.807, 2.05) is 50.2 Å². The maximum absolute atomic E-state index is 13.0. The van der Waals surface area contributed by atoms with Crippen LogP contribution in [-0.4, -0.2) is 33.4 Å². The third kappa shape index (κ3) is 5.26. The largest absolute Gasteiger partial charge is 0.325 e. The van der Waals surface area contributed by atoms with Crippen LogP contribution in [0.25, 0.3) is 11.0 Å². The first-order chi connectivity index (χ1) is 17.0. The molecule has 1 aliphatic heterocycles. The van der Waals surface area contributed by atoms with Crippen molar-refractivity contribution in [2.75, 3.05) is 18.4 Å². The van der Waals surface area contributed by atoms with E-state index < -0.39 is 0 Å². The number of para-hydroxylation sites is 3. The van der Waals surface area contributed by atoms with Crippen LogP contribution in [0.2, 0.25) is 5.02 Å². The molecule has 1 aromatic heterocycles. The second-order valence-corrected chi connectivity index (χ2v) is 9.97. The molecule has 1 saturated heterocycles. The first-order valence-corrected chi connectivity index (χ1v) is 12.6. The minimum absolute atomic E-state index is 0.0399. The molecule has 0 atom stereocenters. The van der Waals surface area contributed by atoms with Crippen LogP contribution in [0.4, 0.5) is 5.69 Å². The second kappa shape index (κ2) is 10.2. The molecule has 1 N–H and O–H groups in total. The summed E-state index contributed by atoms with van der Waals surface area (Å²) in [5, 5.41) is 3.93. The van der Waals surface area contributed by atoms with Crippen molar-refractivity contribution in [3.63, 3.8) is 0 Å². The molecule has 6 heteroatoms. The molecule has 0 unspecified atom stereocenters. The SMILES string of the molecule is Cc1cccc(C)c1NC(=O)C1CCN(Cc2nc3ccccc3n2Cc2ccc(Cl)cc2)CC1. The average molecular weight is 487 g/mol.